The Kier molecular flexibility index (Phi) is 38.0. The van der Waals surface area contributed by atoms with E-state index in [-0.39, 0.29) is 146 Å². The molecule has 0 radical (unpaired) electrons. The van der Waals surface area contributed by atoms with Crippen molar-refractivity contribution >= 4 is 23.9 Å². The zero-order chi connectivity index (χ0) is 26.9. The van der Waals surface area contributed by atoms with E-state index in [9.17, 15) is 39.6 Å². The van der Waals surface area contributed by atoms with Gasteiger partial charge in [0.25, 0.3) is 0 Å². The Balaban J connectivity index is -0.000000540. The number of ether oxygens (including phenoxy) is 6. The summed E-state index contributed by atoms with van der Waals surface area (Å²) >= 11 is 0. The fraction of sp³-hybridized carbons (Fsp3) is 0.818. The van der Waals surface area contributed by atoms with Crippen molar-refractivity contribution in [1.29, 1.82) is 0 Å². The first-order chi connectivity index (χ1) is 17.2. The summed E-state index contributed by atoms with van der Waals surface area (Å²) in [5, 5.41) is 46.2. The molecule has 0 bridgehead atoms. The van der Waals surface area contributed by atoms with E-state index in [2.05, 4.69) is 0 Å². The molecule has 1 aliphatic heterocycles. The van der Waals surface area contributed by atoms with Crippen molar-refractivity contribution in [2.75, 3.05) is 79.3 Å². The first-order valence-corrected chi connectivity index (χ1v) is 11.5. The fourth-order valence-electron chi connectivity index (χ4n) is 3.30. The third-order valence-corrected chi connectivity index (χ3v) is 5.74. The molecule has 0 spiro atoms. The molecule has 20 heteroatoms. The standard InChI is InChI=1S/C22H36O14.4H2N.2Pt/c23-17(24)21(18(25)26)1-5-31-9-13-35-15-11-33-7-3-22(19(27)28,20(29)30)4-8-34-12-16-36-14-10-32-6-2-21;;;;;;/h1-16H2,(H,23,24)(H,25,26)(H,27,28)(H,29,30);4*1H2;;/q;4*-1;2*+4/p-4. The predicted octanol–water partition coefficient (Wildman–Crippen LogP) is -2.50. The van der Waals surface area contributed by atoms with Gasteiger partial charge in [-0.1, -0.05) is 0 Å². The molecule has 1 saturated heterocycles. The van der Waals surface area contributed by atoms with Gasteiger partial charge in [-0.3, -0.25) is 0 Å². The summed E-state index contributed by atoms with van der Waals surface area (Å²) in [7, 11) is 0. The number of hydrogen-bond acceptors (Lipinski definition) is 14. The summed E-state index contributed by atoms with van der Waals surface area (Å²) < 4.78 is 31.5. The number of carbonyl (C=O) groups excluding carboxylic acids is 4. The molecule has 0 aromatic rings. The van der Waals surface area contributed by atoms with Crippen LogP contribution in [0, 0.1) is 10.8 Å². The molecule has 0 unspecified atom stereocenters. The average Bonchev–Trinajstić information content (AvgIpc) is 2.81. The van der Waals surface area contributed by atoms with Crippen LogP contribution in [0.4, 0.5) is 0 Å². The number of carboxylic acid groups (broad SMARTS) is 4. The van der Waals surface area contributed by atoms with E-state index in [0.29, 0.717) is 0 Å². The van der Waals surface area contributed by atoms with Crippen molar-refractivity contribution in [3.63, 3.8) is 0 Å². The minimum absolute atomic E-state index is 0. The van der Waals surface area contributed by atoms with Crippen molar-refractivity contribution in [1.82, 2.24) is 0 Å². The van der Waals surface area contributed by atoms with E-state index >= 15 is 0 Å². The van der Waals surface area contributed by atoms with Crippen LogP contribution >= 0.6 is 0 Å². The van der Waals surface area contributed by atoms with Gasteiger partial charge in [-0.25, -0.2) is 0 Å². The second-order valence-electron chi connectivity index (χ2n) is 7.99. The summed E-state index contributed by atoms with van der Waals surface area (Å²) in [6.45, 7) is -0.399. The summed E-state index contributed by atoms with van der Waals surface area (Å²) in [6.07, 6.45) is -1.57. The van der Waals surface area contributed by atoms with Gasteiger partial charge in [0.2, 0.25) is 0 Å². The Hall–Kier alpha value is -1.14. The molecule has 0 saturated carbocycles. The molecule has 1 heterocycles. The second-order valence-corrected chi connectivity index (χ2v) is 7.99. The molecule has 0 amide bonds. The number of carbonyl (C=O) groups is 4. The van der Waals surface area contributed by atoms with Gasteiger partial charge in [0.05, 0.1) is 87.6 Å². The average molecular weight is 975 g/mol. The third kappa shape index (κ3) is 18.5. The summed E-state index contributed by atoms with van der Waals surface area (Å²) in [5.41, 5.74) is -4.55. The van der Waals surface area contributed by atoms with Gasteiger partial charge in [-0.05, 0) is 25.7 Å². The first kappa shape index (κ1) is 53.4. The summed E-state index contributed by atoms with van der Waals surface area (Å²) in [4.78, 5) is 46.2. The van der Waals surface area contributed by atoms with Crippen LogP contribution in [0.3, 0.4) is 0 Å². The Morgan fingerprint density at radius 3 is 0.643 bits per heavy atom. The quantitative estimate of drug-likeness (QED) is 0.263. The maximum atomic E-state index is 11.5. The minimum atomic E-state index is -2.27. The van der Waals surface area contributed by atoms with Gasteiger partial charge < -0.3 is 92.6 Å². The van der Waals surface area contributed by atoms with Crippen LogP contribution in [-0.2, 0) is 89.7 Å². The Bertz CT molecular complexity index is 611. The maximum Gasteiger partial charge on any atom is 4.00 e. The number of aliphatic carboxylic acids is 4. The van der Waals surface area contributed by atoms with Crippen LogP contribution in [0.15, 0.2) is 0 Å². The number of rotatable bonds is 4. The monoisotopic (exact) mass is 974 g/mol. The molecular weight excluding hydrogens is 934 g/mol. The van der Waals surface area contributed by atoms with Gasteiger partial charge in [-0.2, -0.15) is 0 Å². The summed E-state index contributed by atoms with van der Waals surface area (Å²) in [5.74, 6) is -7.17. The van der Waals surface area contributed by atoms with E-state index < -0.39 is 60.4 Å². The van der Waals surface area contributed by atoms with Crippen molar-refractivity contribution in [3.8, 4) is 0 Å². The van der Waals surface area contributed by atoms with Crippen molar-refractivity contribution in [2.24, 2.45) is 10.8 Å². The molecular formula is C22H40N4O14Pt2. The minimum Gasteiger partial charge on any atom is -0.693 e. The molecule has 1 fully saturated rings. The Morgan fingerprint density at radius 1 is 0.357 bits per heavy atom. The van der Waals surface area contributed by atoms with Crippen LogP contribution < -0.4 is 20.4 Å². The van der Waals surface area contributed by atoms with E-state index in [4.69, 9.17) is 28.4 Å². The number of hydrogen-bond donors (Lipinski definition) is 0. The van der Waals surface area contributed by atoms with Crippen molar-refractivity contribution in [2.45, 2.75) is 25.7 Å². The van der Waals surface area contributed by atoms with Gasteiger partial charge in [-0.15, -0.1) is 0 Å². The van der Waals surface area contributed by atoms with E-state index in [0.717, 1.165) is 0 Å². The van der Waals surface area contributed by atoms with Crippen LogP contribution in [-0.4, -0.2) is 103 Å². The molecule has 42 heavy (non-hydrogen) atoms. The van der Waals surface area contributed by atoms with Gasteiger partial charge in [0.15, 0.2) is 0 Å². The fourth-order valence-corrected chi connectivity index (χ4v) is 3.30. The third-order valence-electron chi connectivity index (χ3n) is 5.74. The molecule has 0 atom stereocenters. The van der Waals surface area contributed by atoms with Crippen LogP contribution in [0.1, 0.15) is 25.7 Å². The topological polar surface area (TPSA) is 350 Å². The predicted molar refractivity (Wildman–Crippen MR) is 129 cm³/mol. The smallest absolute Gasteiger partial charge is 0.693 e. The maximum absolute atomic E-state index is 11.5. The SMILES string of the molecule is O=C([O-])C1(C(=O)[O-])CCOCCOCCOCCC(C(=O)[O-])(C(=O)[O-])CCOCCOCCOCC1.[NH2-].[NH2-].[NH2-].[NH2-].[Pt+4].[Pt+4]. The van der Waals surface area contributed by atoms with Gasteiger partial charge in [0.1, 0.15) is 0 Å². The number of carboxylic acids is 4. The molecule has 1 rings (SSSR count). The van der Waals surface area contributed by atoms with Crippen molar-refractivity contribution < 1.29 is 110 Å². The Morgan fingerprint density at radius 2 is 0.500 bits per heavy atom. The first-order valence-electron chi connectivity index (χ1n) is 11.5. The molecule has 0 aliphatic carbocycles. The van der Waals surface area contributed by atoms with Gasteiger partial charge in [0, 0.05) is 26.4 Å². The Labute approximate surface area is 273 Å². The number of nitrogens with two attached hydrogens (primary N) is 4. The molecule has 252 valence electrons. The van der Waals surface area contributed by atoms with E-state index in [1.807, 2.05) is 0 Å². The zero-order valence-electron chi connectivity index (χ0n) is 23.0. The van der Waals surface area contributed by atoms with Crippen molar-refractivity contribution in [3.05, 3.63) is 24.6 Å². The summed E-state index contributed by atoms with van der Waals surface area (Å²) in [6, 6.07) is 0. The largest absolute Gasteiger partial charge is 4.00 e. The van der Waals surface area contributed by atoms with Gasteiger partial charge >= 0.3 is 42.1 Å². The molecule has 1 aliphatic rings. The van der Waals surface area contributed by atoms with Crippen LogP contribution in [0.5, 0.6) is 0 Å². The van der Waals surface area contributed by atoms with Crippen LogP contribution in [0.2, 0.25) is 0 Å². The normalized spacial score (nSPS) is 19.2. The van der Waals surface area contributed by atoms with Crippen LogP contribution in [0.25, 0.3) is 24.6 Å². The van der Waals surface area contributed by atoms with E-state index in [1.165, 1.54) is 0 Å². The molecule has 8 N–H and O–H groups in total. The molecule has 0 aromatic heterocycles. The second kappa shape index (κ2) is 29.9. The van der Waals surface area contributed by atoms with E-state index in [1.54, 1.807) is 0 Å². The molecule has 18 nitrogen and oxygen atoms in total. The molecule has 0 aromatic carbocycles. The zero-order valence-corrected chi connectivity index (χ0v) is 27.5.